The van der Waals surface area contributed by atoms with Gasteiger partial charge >= 0.3 is 0 Å². The molecular weight excluding hydrogens is 314 g/mol. The van der Waals surface area contributed by atoms with Crippen LogP contribution in [0.2, 0.25) is 0 Å². The van der Waals surface area contributed by atoms with E-state index in [9.17, 15) is 4.79 Å². The summed E-state index contributed by atoms with van der Waals surface area (Å²) in [5, 5.41) is 12.9. The molecule has 0 bridgehead atoms. The molecule has 1 N–H and O–H groups in total. The van der Waals surface area contributed by atoms with Crippen molar-refractivity contribution in [1.29, 1.82) is 0 Å². The van der Waals surface area contributed by atoms with Gasteiger partial charge in [-0.05, 0) is 37.3 Å². The van der Waals surface area contributed by atoms with Crippen LogP contribution in [-0.2, 0) is 0 Å². The fourth-order valence-electron chi connectivity index (χ4n) is 2.85. The maximum atomic E-state index is 12.8. The first kappa shape index (κ1) is 14.1. The fourth-order valence-corrected chi connectivity index (χ4v) is 3.54. The van der Waals surface area contributed by atoms with E-state index in [0.29, 0.717) is 24.0 Å². The lowest BCUT2D eigenvalue weighted by atomic mass is 10.2. The van der Waals surface area contributed by atoms with Crippen LogP contribution in [-0.4, -0.2) is 37.7 Å². The van der Waals surface area contributed by atoms with Crippen molar-refractivity contribution in [3.8, 4) is 10.6 Å². The fraction of sp³-hybridized carbons (Fsp3) is 0.333. The maximum Gasteiger partial charge on any atom is 0.275 e. The number of nitrogens with one attached hydrogen (secondary N) is 1. The lowest BCUT2D eigenvalue weighted by Crippen LogP contribution is -2.31. The summed E-state index contributed by atoms with van der Waals surface area (Å²) in [5.41, 5.74) is 1.27. The Labute approximate surface area is 136 Å². The van der Waals surface area contributed by atoms with E-state index in [0.717, 1.165) is 23.4 Å². The Kier molecular flexibility index (Phi) is 3.45. The number of H-pyrrole nitrogens is 1. The third kappa shape index (κ3) is 2.55. The Hall–Kier alpha value is -2.48. The summed E-state index contributed by atoms with van der Waals surface area (Å²) in [6.07, 6.45) is 1.75. The second kappa shape index (κ2) is 5.62. The second-order valence-corrected chi connectivity index (χ2v) is 6.43. The zero-order valence-electron chi connectivity index (χ0n) is 12.5. The van der Waals surface area contributed by atoms with Crippen LogP contribution in [0.25, 0.3) is 10.6 Å². The largest absolute Gasteiger partial charge is 0.337 e. The SMILES string of the molecule is Cc1noc(C2CCCN2C(=O)c2cc(-c3cccs3)[nH]n2)n1. The minimum absolute atomic E-state index is 0.109. The van der Waals surface area contributed by atoms with Gasteiger partial charge in [0.2, 0.25) is 5.89 Å². The minimum Gasteiger partial charge on any atom is -0.337 e. The van der Waals surface area contributed by atoms with Crippen LogP contribution < -0.4 is 0 Å². The van der Waals surface area contributed by atoms with E-state index in [-0.39, 0.29) is 11.9 Å². The summed E-state index contributed by atoms with van der Waals surface area (Å²) < 4.78 is 5.25. The molecule has 0 radical (unpaired) electrons. The first-order valence-electron chi connectivity index (χ1n) is 7.43. The topological polar surface area (TPSA) is 87.9 Å². The molecule has 23 heavy (non-hydrogen) atoms. The molecule has 1 amide bonds. The Bertz CT molecular complexity index is 823. The van der Waals surface area contributed by atoms with E-state index in [1.807, 2.05) is 17.5 Å². The van der Waals surface area contributed by atoms with Crippen LogP contribution in [0, 0.1) is 6.92 Å². The molecule has 3 aromatic rings. The molecule has 0 aliphatic carbocycles. The Morgan fingerprint density at radius 3 is 3.17 bits per heavy atom. The highest BCUT2D eigenvalue weighted by Gasteiger charge is 2.35. The zero-order chi connectivity index (χ0) is 15.8. The van der Waals surface area contributed by atoms with Gasteiger partial charge in [-0.15, -0.1) is 11.3 Å². The number of nitrogens with zero attached hydrogens (tertiary/aromatic N) is 4. The van der Waals surface area contributed by atoms with E-state index in [4.69, 9.17) is 4.52 Å². The monoisotopic (exact) mass is 329 g/mol. The standard InChI is InChI=1S/C15H15N5O2S/c1-9-16-14(22-19-9)12-4-2-6-20(12)15(21)11-8-10(17-18-11)13-5-3-7-23-13/h3,5,7-8,12H,2,4,6H2,1H3,(H,17,18). The highest BCUT2D eigenvalue weighted by Crippen LogP contribution is 2.32. The van der Waals surface area contributed by atoms with Crippen molar-refractivity contribution in [2.45, 2.75) is 25.8 Å². The number of amides is 1. The number of thiophene rings is 1. The van der Waals surface area contributed by atoms with Crippen LogP contribution >= 0.6 is 11.3 Å². The predicted octanol–water partition coefficient (Wildman–Crippen LogP) is 2.81. The molecule has 8 heteroatoms. The molecule has 1 fully saturated rings. The molecule has 0 spiro atoms. The van der Waals surface area contributed by atoms with Crippen LogP contribution in [0.15, 0.2) is 28.1 Å². The van der Waals surface area contributed by atoms with Gasteiger partial charge in [0.25, 0.3) is 5.91 Å². The molecule has 3 aromatic heterocycles. The summed E-state index contributed by atoms with van der Waals surface area (Å²) in [4.78, 5) is 19.9. The molecule has 0 aromatic carbocycles. The third-order valence-corrected chi connectivity index (χ3v) is 4.83. The Morgan fingerprint density at radius 1 is 1.52 bits per heavy atom. The van der Waals surface area contributed by atoms with Gasteiger partial charge in [0.1, 0.15) is 6.04 Å². The number of hydrogen-bond acceptors (Lipinski definition) is 6. The van der Waals surface area contributed by atoms with Gasteiger partial charge < -0.3 is 9.42 Å². The third-order valence-electron chi connectivity index (χ3n) is 3.93. The van der Waals surface area contributed by atoms with Crippen molar-refractivity contribution in [3.63, 3.8) is 0 Å². The van der Waals surface area contributed by atoms with E-state index >= 15 is 0 Å². The van der Waals surface area contributed by atoms with Crippen molar-refractivity contribution in [2.24, 2.45) is 0 Å². The summed E-state index contributed by atoms with van der Waals surface area (Å²) in [7, 11) is 0. The normalized spacial score (nSPS) is 17.8. The van der Waals surface area contributed by atoms with Gasteiger partial charge in [-0.1, -0.05) is 11.2 Å². The molecular formula is C15H15N5O2S. The maximum absolute atomic E-state index is 12.8. The van der Waals surface area contributed by atoms with Crippen molar-refractivity contribution in [1.82, 2.24) is 25.2 Å². The molecule has 4 rings (SSSR count). The van der Waals surface area contributed by atoms with Gasteiger partial charge in [-0.25, -0.2) is 0 Å². The Balaban J connectivity index is 1.58. The van der Waals surface area contributed by atoms with Crippen LogP contribution in [0.5, 0.6) is 0 Å². The minimum atomic E-state index is -0.161. The van der Waals surface area contributed by atoms with Crippen LogP contribution in [0.4, 0.5) is 0 Å². The van der Waals surface area contributed by atoms with Gasteiger partial charge in [0.15, 0.2) is 11.5 Å². The van der Waals surface area contributed by atoms with Crippen molar-refractivity contribution in [2.75, 3.05) is 6.54 Å². The first-order chi connectivity index (χ1) is 11.2. The molecule has 1 aliphatic rings. The van der Waals surface area contributed by atoms with Crippen molar-refractivity contribution >= 4 is 17.2 Å². The zero-order valence-corrected chi connectivity index (χ0v) is 13.3. The molecule has 1 aliphatic heterocycles. The summed E-state index contributed by atoms with van der Waals surface area (Å²) in [6.45, 7) is 2.45. The average Bonchev–Trinajstić information content (AvgIpc) is 3.31. The lowest BCUT2D eigenvalue weighted by molar-refractivity contribution is 0.0704. The Morgan fingerprint density at radius 2 is 2.43 bits per heavy atom. The lowest BCUT2D eigenvalue weighted by Gasteiger charge is -2.20. The number of aromatic nitrogens is 4. The van der Waals surface area contributed by atoms with Gasteiger partial charge in [0, 0.05) is 6.54 Å². The molecule has 1 unspecified atom stereocenters. The number of likely N-dealkylation sites (tertiary alicyclic amines) is 1. The molecule has 118 valence electrons. The van der Waals surface area contributed by atoms with Gasteiger partial charge in [0.05, 0.1) is 10.6 Å². The highest BCUT2D eigenvalue weighted by molar-refractivity contribution is 7.13. The number of carbonyl (C=O) groups excluding carboxylic acids is 1. The number of rotatable bonds is 3. The average molecular weight is 329 g/mol. The van der Waals surface area contributed by atoms with E-state index < -0.39 is 0 Å². The van der Waals surface area contributed by atoms with Gasteiger partial charge in [-0.3, -0.25) is 9.89 Å². The van der Waals surface area contributed by atoms with Gasteiger partial charge in [-0.2, -0.15) is 10.1 Å². The van der Waals surface area contributed by atoms with Crippen molar-refractivity contribution < 1.29 is 9.32 Å². The number of carbonyl (C=O) groups is 1. The summed E-state index contributed by atoms with van der Waals surface area (Å²) in [6, 6.07) is 5.59. The highest BCUT2D eigenvalue weighted by atomic mass is 32.1. The second-order valence-electron chi connectivity index (χ2n) is 5.48. The molecule has 7 nitrogen and oxygen atoms in total. The molecule has 1 atom stereocenters. The molecule has 4 heterocycles. The number of aryl methyl sites for hydroxylation is 1. The number of hydrogen-bond donors (Lipinski definition) is 1. The van der Waals surface area contributed by atoms with Crippen LogP contribution in [0.1, 0.15) is 41.1 Å². The van der Waals surface area contributed by atoms with Crippen LogP contribution in [0.3, 0.4) is 0 Å². The van der Waals surface area contributed by atoms with Crippen molar-refractivity contribution in [3.05, 3.63) is 41.0 Å². The first-order valence-corrected chi connectivity index (χ1v) is 8.31. The van der Waals surface area contributed by atoms with E-state index in [2.05, 4.69) is 20.3 Å². The summed E-state index contributed by atoms with van der Waals surface area (Å²) >= 11 is 1.60. The quantitative estimate of drug-likeness (QED) is 0.798. The van der Waals surface area contributed by atoms with E-state index in [1.165, 1.54) is 0 Å². The summed E-state index contributed by atoms with van der Waals surface area (Å²) in [5.74, 6) is 0.976. The molecule has 1 saturated heterocycles. The number of aromatic amines is 1. The smallest absolute Gasteiger partial charge is 0.275 e. The van der Waals surface area contributed by atoms with E-state index in [1.54, 1.807) is 29.2 Å². The predicted molar refractivity (Wildman–Crippen MR) is 83.9 cm³/mol. The molecule has 0 saturated carbocycles.